The summed E-state index contributed by atoms with van der Waals surface area (Å²) in [5.41, 5.74) is 1.77. The minimum absolute atomic E-state index is 0.203. The third-order valence-corrected chi connectivity index (χ3v) is 3.68. The molecule has 0 aliphatic carbocycles. The van der Waals surface area contributed by atoms with Crippen LogP contribution in [-0.4, -0.2) is 17.4 Å². The molecule has 0 aliphatic rings. The first-order chi connectivity index (χ1) is 12.2. The van der Waals surface area contributed by atoms with Gasteiger partial charge in [0.1, 0.15) is 17.3 Å². The highest BCUT2D eigenvalue weighted by molar-refractivity contribution is 5.92. The van der Waals surface area contributed by atoms with E-state index in [-0.39, 0.29) is 11.7 Å². The van der Waals surface area contributed by atoms with Crippen LogP contribution in [0.15, 0.2) is 65.4 Å². The van der Waals surface area contributed by atoms with Crippen LogP contribution in [0, 0.1) is 5.82 Å². The van der Waals surface area contributed by atoms with Gasteiger partial charge in [-0.25, -0.2) is 9.37 Å². The molecule has 0 aliphatic heterocycles. The van der Waals surface area contributed by atoms with Crippen LogP contribution in [-0.2, 0) is 13.0 Å². The smallest absolute Gasteiger partial charge is 0.270 e. The quantitative estimate of drug-likeness (QED) is 0.692. The predicted molar refractivity (Wildman–Crippen MR) is 92.7 cm³/mol. The Hall–Kier alpha value is -3.15. The van der Waals surface area contributed by atoms with Crippen molar-refractivity contribution in [2.24, 2.45) is 0 Å². The van der Waals surface area contributed by atoms with Crippen molar-refractivity contribution >= 4 is 11.6 Å². The minimum Gasteiger partial charge on any atom is -0.467 e. The summed E-state index contributed by atoms with van der Waals surface area (Å²) in [6.45, 7) is 0.892. The molecule has 3 aromatic rings. The van der Waals surface area contributed by atoms with Gasteiger partial charge in [0.15, 0.2) is 0 Å². The molecule has 0 unspecified atom stereocenters. The highest BCUT2D eigenvalue weighted by Gasteiger charge is 2.08. The van der Waals surface area contributed by atoms with Crippen molar-refractivity contribution in [3.8, 4) is 0 Å². The van der Waals surface area contributed by atoms with E-state index in [2.05, 4.69) is 15.6 Å². The van der Waals surface area contributed by atoms with E-state index in [0.29, 0.717) is 36.5 Å². The molecule has 0 fully saturated rings. The lowest BCUT2D eigenvalue weighted by Crippen LogP contribution is -2.23. The number of hydrogen-bond donors (Lipinski definition) is 2. The highest BCUT2D eigenvalue weighted by Crippen LogP contribution is 2.10. The van der Waals surface area contributed by atoms with Crippen molar-refractivity contribution in [3.63, 3.8) is 0 Å². The Morgan fingerprint density at radius 2 is 2.00 bits per heavy atom. The van der Waals surface area contributed by atoms with E-state index >= 15 is 0 Å². The van der Waals surface area contributed by atoms with Crippen LogP contribution in [0.3, 0.4) is 0 Å². The molecule has 2 N–H and O–H groups in total. The fourth-order valence-electron chi connectivity index (χ4n) is 2.35. The molecule has 2 heterocycles. The number of nitrogens with one attached hydrogen (secondary N) is 2. The lowest BCUT2D eigenvalue weighted by atomic mass is 10.1. The SMILES string of the molecule is O=C(NCc1ccco1)c1ccc(NCCc2ccccc2F)cn1. The molecule has 5 nitrogen and oxygen atoms in total. The predicted octanol–water partition coefficient (Wildman–Crippen LogP) is 3.40. The van der Waals surface area contributed by atoms with Crippen molar-refractivity contribution in [1.29, 1.82) is 0 Å². The van der Waals surface area contributed by atoms with Gasteiger partial charge in [0.05, 0.1) is 24.7 Å². The first kappa shape index (κ1) is 16.7. The van der Waals surface area contributed by atoms with E-state index in [1.54, 1.807) is 48.9 Å². The fraction of sp³-hybridized carbons (Fsp3) is 0.158. The third kappa shape index (κ3) is 4.67. The van der Waals surface area contributed by atoms with Crippen LogP contribution < -0.4 is 10.6 Å². The number of carbonyl (C=O) groups is 1. The molecule has 0 radical (unpaired) electrons. The zero-order valence-electron chi connectivity index (χ0n) is 13.5. The van der Waals surface area contributed by atoms with Gasteiger partial charge in [0.2, 0.25) is 0 Å². The Labute approximate surface area is 144 Å². The Morgan fingerprint density at radius 3 is 2.72 bits per heavy atom. The first-order valence-corrected chi connectivity index (χ1v) is 7.96. The molecular weight excluding hydrogens is 321 g/mol. The molecule has 0 spiro atoms. The van der Waals surface area contributed by atoms with E-state index < -0.39 is 0 Å². The van der Waals surface area contributed by atoms with Gasteiger partial charge in [0.25, 0.3) is 5.91 Å². The molecular formula is C19H18FN3O2. The second-order valence-corrected chi connectivity index (χ2v) is 5.46. The number of carbonyl (C=O) groups excluding carboxylic acids is 1. The summed E-state index contributed by atoms with van der Waals surface area (Å²) in [5.74, 6) is 0.208. The van der Waals surface area contributed by atoms with E-state index in [1.165, 1.54) is 6.07 Å². The van der Waals surface area contributed by atoms with Gasteiger partial charge in [-0.15, -0.1) is 0 Å². The summed E-state index contributed by atoms with van der Waals surface area (Å²) in [7, 11) is 0. The number of rotatable bonds is 7. The molecule has 2 aromatic heterocycles. The van der Waals surface area contributed by atoms with Crippen molar-refractivity contribution in [2.45, 2.75) is 13.0 Å². The zero-order chi connectivity index (χ0) is 17.5. The maximum Gasteiger partial charge on any atom is 0.270 e. The van der Waals surface area contributed by atoms with Crippen LogP contribution >= 0.6 is 0 Å². The number of anilines is 1. The Bertz CT molecular complexity index is 817. The van der Waals surface area contributed by atoms with Crippen molar-refractivity contribution < 1.29 is 13.6 Å². The molecule has 0 atom stereocenters. The third-order valence-electron chi connectivity index (χ3n) is 3.68. The molecule has 0 bridgehead atoms. The maximum absolute atomic E-state index is 13.5. The van der Waals surface area contributed by atoms with Crippen LogP contribution in [0.25, 0.3) is 0 Å². The average molecular weight is 339 g/mol. The molecule has 1 amide bonds. The Balaban J connectivity index is 1.48. The minimum atomic E-state index is -0.269. The number of halogens is 1. The van der Waals surface area contributed by atoms with Gasteiger partial charge >= 0.3 is 0 Å². The fourth-order valence-corrected chi connectivity index (χ4v) is 2.35. The van der Waals surface area contributed by atoms with Gasteiger partial charge < -0.3 is 15.1 Å². The summed E-state index contributed by atoms with van der Waals surface area (Å²) in [6.07, 6.45) is 3.71. The van der Waals surface area contributed by atoms with Crippen LogP contribution in [0.2, 0.25) is 0 Å². The zero-order valence-corrected chi connectivity index (χ0v) is 13.5. The number of nitrogens with zero attached hydrogens (tertiary/aromatic N) is 1. The molecule has 0 saturated carbocycles. The summed E-state index contributed by atoms with van der Waals surface area (Å²) in [6, 6.07) is 13.7. The van der Waals surface area contributed by atoms with Crippen molar-refractivity contribution in [2.75, 3.05) is 11.9 Å². The number of pyridine rings is 1. The Morgan fingerprint density at radius 1 is 1.12 bits per heavy atom. The number of furan rings is 1. The first-order valence-electron chi connectivity index (χ1n) is 7.96. The topological polar surface area (TPSA) is 67.2 Å². The molecule has 25 heavy (non-hydrogen) atoms. The van der Waals surface area contributed by atoms with Gasteiger partial charge in [-0.05, 0) is 42.3 Å². The summed E-state index contributed by atoms with van der Waals surface area (Å²) < 4.78 is 18.7. The molecule has 3 rings (SSSR count). The number of hydrogen-bond acceptors (Lipinski definition) is 4. The summed E-state index contributed by atoms with van der Waals surface area (Å²) >= 11 is 0. The van der Waals surface area contributed by atoms with Crippen LogP contribution in [0.4, 0.5) is 10.1 Å². The maximum atomic E-state index is 13.5. The molecule has 1 aromatic carbocycles. The number of amides is 1. The van der Waals surface area contributed by atoms with Crippen LogP contribution in [0.5, 0.6) is 0 Å². The van der Waals surface area contributed by atoms with Crippen molar-refractivity contribution in [3.05, 3.63) is 83.8 Å². The highest BCUT2D eigenvalue weighted by atomic mass is 19.1. The lowest BCUT2D eigenvalue weighted by Gasteiger charge is -2.08. The van der Waals surface area contributed by atoms with E-state index in [1.807, 2.05) is 6.07 Å². The summed E-state index contributed by atoms with van der Waals surface area (Å²) in [4.78, 5) is 16.2. The second kappa shape index (κ2) is 8.10. The standard InChI is InChI=1S/C19H18FN3O2/c20-17-6-2-1-4-14(17)9-10-21-15-7-8-18(22-12-15)19(24)23-13-16-5-3-11-25-16/h1-8,11-12,21H,9-10,13H2,(H,23,24). The monoisotopic (exact) mass is 339 g/mol. The molecule has 6 heteroatoms. The van der Waals surface area contributed by atoms with E-state index in [4.69, 9.17) is 4.42 Å². The largest absolute Gasteiger partial charge is 0.467 e. The van der Waals surface area contributed by atoms with Gasteiger partial charge in [-0.3, -0.25) is 4.79 Å². The van der Waals surface area contributed by atoms with E-state index in [0.717, 1.165) is 5.69 Å². The lowest BCUT2D eigenvalue weighted by molar-refractivity contribution is 0.0943. The molecule has 0 saturated heterocycles. The Kier molecular flexibility index (Phi) is 5.41. The molecule has 128 valence electrons. The van der Waals surface area contributed by atoms with Gasteiger partial charge in [-0.1, -0.05) is 18.2 Å². The summed E-state index contributed by atoms with van der Waals surface area (Å²) in [5, 5.41) is 5.90. The normalized spacial score (nSPS) is 10.4. The van der Waals surface area contributed by atoms with Gasteiger partial charge in [-0.2, -0.15) is 0 Å². The number of benzene rings is 1. The second-order valence-electron chi connectivity index (χ2n) is 5.46. The van der Waals surface area contributed by atoms with E-state index in [9.17, 15) is 9.18 Å². The van der Waals surface area contributed by atoms with Gasteiger partial charge in [0, 0.05) is 6.54 Å². The van der Waals surface area contributed by atoms with Crippen molar-refractivity contribution in [1.82, 2.24) is 10.3 Å². The average Bonchev–Trinajstić information content (AvgIpc) is 3.15. The number of aromatic nitrogens is 1. The van der Waals surface area contributed by atoms with Crippen LogP contribution in [0.1, 0.15) is 21.8 Å².